The SMILES string of the molecule is Cn1nc(N2CCC(=O)NC2=O)c2ccc(C3CCN(CCOc4cc(S(=O)(=O)N5CCC(Nc6ncc(Cl)cn6)CC5)ccc4C(F)(F)F)CC3)cc21. The van der Waals surface area contributed by atoms with Gasteiger partial charge in [-0.2, -0.15) is 22.6 Å². The number of hydrogen-bond donors (Lipinski definition) is 2. The average molecular weight is 790 g/mol. The van der Waals surface area contributed by atoms with Crippen LogP contribution in [-0.2, 0) is 28.0 Å². The molecule has 0 unspecified atom stereocenters. The van der Waals surface area contributed by atoms with Crippen molar-refractivity contribution in [2.75, 3.05) is 56.1 Å². The number of anilines is 2. The number of ether oxygens (including phenoxy) is 1. The molecule has 54 heavy (non-hydrogen) atoms. The molecule has 3 saturated heterocycles. The van der Waals surface area contributed by atoms with Gasteiger partial charge in [-0.1, -0.05) is 17.7 Å². The molecular formula is C35H39ClF3N9O5S. The first-order valence-electron chi connectivity index (χ1n) is 17.6. The smallest absolute Gasteiger partial charge is 0.419 e. The van der Waals surface area contributed by atoms with Crippen LogP contribution in [0.1, 0.15) is 49.1 Å². The number of carbonyl (C=O) groups excluding carboxylic acids is 2. The first-order valence-corrected chi connectivity index (χ1v) is 19.5. The average Bonchev–Trinajstić information content (AvgIpc) is 3.47. The summed E-state index contributed by atoms with van der Waals surface area (Å²) in [5.41, 5.74) is 0.947. The third-order valence-corrected chi connectivity index (χ3v) is 12.3. The second-order valence-corrected chi connectivity index (χ2v) is 16.0. The lowest BCUT2D eigenvalue weighted by Crippen LogP contribution is -2.49. The molecule has 0 bridgehead atoms. The molecule has 0 radical (unpaired) electrons. The molecule has 288 valence electrons. The summed E-state index contributed by atoms with van der Waals surface area (Å²) >= 11 is 5.84. The Bertz CT molecular complexity index is 2140. The Morgan fingerprint density at radius 1 is 0.981 bits per heavy atom. The Hall–Kier alpha value is -4.52. The summed E-state index contributed by atoms with van der Waals surface area (Å²) in [6, 6.07) is 8.19. The number of benzene rings is 2. The lowest BCUT2D eigenvalue weighted by Gasteiger charge is -2.32. The lowest BCUT2D eigenvalue weighted by atomic mass is 9.89. The predicted molar refractivity (Wildman–Crippen MR) is 194 cm³/mol. The van der Waals surface area contributed by atoms with Crippen molar-refractivity contribution >= 4 is 56.2 Å². The summed E-state index contributed by atoms with van der Waals surface area (Å²) in [5, 5.41) is 11.2. The molecule has 19 heteroatoms. The number of urea groups is 1. The van der Waals surface area contributed by atoms with E-state index < -0.39 is 33.5 Å². The Balaban J connectivity index is 0.946. The van der Waals surface area contributed by atoms with Crippen molar-refractivity contribution in [2.24, 2.45) is 7.05 Å². The second-order valence-electron chi connectivity index (χ2n) is 13.6. The Morgan fingerprint density at radius 2 is 1.70 bits per heavy atom. The third kappa shape index (κ3) is 8.11. The molecule has 7 rings (SSSR count). The number of likely N-dealkylation sites (tertiary alicyclic amines) is 1. The topological polar surface area (TPSA) is 155 Å². The molecule has 0 atom stereocenters. The summed E-state index contributed by atoms with van der Waals surface area (Å²) in [6.45, 7) is 2.28. The Labute approximate surface area is 314 Å². The van der Waals surface area contributed by atoms with Gasteiger partial charge in [0, 0.05) is 57.1 Å². The van der Waals surface area contributed by atoms with E-state index in [9.17, 15) is 31.2 Å². The van der Waals surface area contributed by atoms with Crippen molar-refractivity contribution in [3.8, 4) is 5.75 Å². The molecule has 14 nitrogen and oxygen atoms in total. The van der Waals surface area contributed by atoms with Gasteiger partial charge >= 0.3 is 12.2 Å². The van der Waals surface area contributed by atoms with Crippen molar-refractivity contribution in [1.82, 2.24) is 34.3 Å². The molecule has 3 amide bonds. The van der Waals surface area contributed by atoms with Crippen LogP contribution >= 0.6 is 11.6 Å². The van der Waals surface area contributed by atoms with E-state index in [2.05, 4.69) is 36.7 Å². The highest BCUT2D eigenvalue weighted by Gasteiger charge is 2.37. The number of nitrogens with zero attached hydrogens (tertiary/aromatic N) is 7. The van der Waals surface area contributed by atoms with E-state index in [4.69, 9.17) is 16.3 Å². The lowest BCUT2D eigenvalue weighted by molar-refractivity contribution is -0.139. The van der Waals surface area contributed by atoms with Gasteiger partial charge in [-0.15, -0.1) is 0 Å². The fraction of sp³-hybridized carbons (Fsp3) is 0.457. The van der Waals surface area contributed by atoms with Gasteiger partial charge in [0.1, 0.15) is 12.4 Å². The Kier molecular flexibility index (Phi) is 10.7. The van der Waals surface area contributed by atoms with E-state index in [0.717, 1.165) is 47.5 Å². The van der Waals surface area contributed by atoms with E-state index in [-0.39, 0.29) is 55.4 Å². The molecule has 2 N–H and O–H groups in total. The molecule has 3 aliphatic rings. The quantitative estimate of drug-likeness (QED) is 0.224. The van der Waals surface area contributed by atoms with Gasteiger partial charge in [0.05, 0.1) is 33.4 Å². The van der Waals surface area contributed by atoms with Gasteiger partial charge in [0.25, 0.3) is 0 Å². The third-order valence-electron chi connectivity index (χ3n) is 10.2. The number of aryl methyl sites for hydroxylation is 1. The van der Waals surface area contributed by atoms with Crippen molar-refractivity contribution in [3.63, 3.8) is 0 Å². The summed E-state index contributed by atoms with van der Waals surface area (Å²) in [6.07, 6.45) is 0.904. The molecule has 3 fully saturated rings. The van der Waals surface area contributed by atoms with Crippen molar-refractivity contribution in [3.05, 3.63) is 64.9 Å². The highest BCUT2D eigenvalue weighted by Crippen LogP contribution is 2.39. The van der Waals surface area contributed by atoms with Gasteiger partial charge in [-0.05, 0) is 74.5 Å². The maximum Gasteiger partial charge on any atom is 0.419 e. The van der Waals surface area contributed by atoms with Crippen LogP contribution in [-0.4, -0.2) is 101 Å². The first kappa shape index (κ1) is 37.8. The molecule has 0 saturated carbocycles. The Morgan fingerprint density at radius 3 is 2.39 bits per heavy atom. The number of aromatic nitrogens is 4. The monoisotopic (exact) mass is 789 g/mol. The normalized spacial score (nSPS) is 18.6. The number of sulfonamides is 1. The van der Waals surface area contributed by atoms with E-state index in [1.807, 2.05) is 19.2 Å². The molecule has 4 aromatic rings. The maximum absolute atomic E-state index is 14.0. The van der Waals surface area contributed by atoms with Gasteiger partial charge in [-0.3, -0.25) is 24.6 Å². The van der Waals surface area contributed by atoms with Crippen LogP contribution in [0.2, 0.25) is 5.02 Å². The van der Waals surface area contributed by atoms with Crippen LogP contribution in [0.25, 0.3) is 10.9 Å². The number of imide groups is 1. The molecule has 5 heterocycles. The van der Waals surface area contributed by atoms with E-state index in [0.29, 0.717) is 49.3 Å². The summed E-state index contributed by atoms with van der Waals surface area (Å²) in [7, 11) is -2.28. The molecule has 2 aromatic heterocycles. The van der Waals surface area contributed by atoms with E-state index in [1.165, 1.54) is 21.6 Å². The molecule has 3 aliphatic heterocycles. The number of carbonyl (C=O) groups is 2. The van der Waals surface area contributed by atoms with Crippen LogP contribution in [0, 0.1) is 0 Å². The van der Waals surface area contributed by atoms with Crippen LogP contribution in [0.15, 0.2) is 53.7 Å². The van der Waals surface area contributed by atoms with Crippen LogP contribution < -0.4 is 20.3 Å². The van der Waals surface area contributed by atoms with E-state index >= 15 is 0 Å². The van der Waals surface area contributed by atoms with Crippen LogP contribution in [0.3, 0.4) is 0 Å². The highest BCUT2D eigenvalue weighted by atomic mass is 35.5. The minimum Gasteiger partial charge on any atom is -0.492 e. The zero-order valence-corrected chi connectivity index (χ0v) is 30.9. The van der Waals surface area contributed by atoms with Gasteiger partial charge in [0.2, 0.25) is 21.9 Å². The number of piperidine rings is 2. The fourth-order valence-corrected chi connectivity index (χ4v) is 8.81. The maximum atomic E-state index is 14.0. The van der Waals surface area contributed by atoms with Crippen LogP contribution in [0.4, 0.5) is 29.7 Å². The standard InChI is InChI=1S/C35H39ClF3N9O5S/c1-45-29-18-23(2-4-27(29)32(44-45)48-15-10-31(49)43-34(48)50)22-6-11-46(12-7-22)16-17-53-30-19-26(3-5-28(30)35(37,38)39)54(51,52)47-13-8-25(9-14-47)42-33-40-20-24(36)21-41-33/h2-5,18-22,25H,6-17H2,1H3,(H,40,41,42)(H,43,49,50). The van der Waals surface area contributed by atoms with E-state index in [1.54, 1.807) is 4.68 Å². The number of halogens is 4. The van der Waals surface area contributed by atoms with Crippen molar-refractivity contribution in [2.45, 2.75) is 55.1 Å². The first-order chi connectivity index (χ1) is 25.8. The highest BCUT2D eigenvalue weighted by molar-refractivity contribution is 7.89. The molecule has 0 spiro atoms. The number of nitrogens with one attached hydrogen (secondary N) is 2. The zero-order chi connectivity index (χ0) is 38.2. The van der Waals surface area contributed by atoms with Gasteiger partial charge < -0.3 is 10.1 Å². The molecule has 2 aromatic carbocycles. The number of fused-ring (bicyclic) bond motifs is 1. The summed E-state index contributed by atoms with van der Waals surface area (Å²) in [4.78, 5) is 35.6. The zero-order valence-electron chi connectivity index (χ0n) is 29.4. The second kappa shape index (κ2) is 15.3. The van der Waals surface area contributed by atoms with Crippen molar-refractivity contribution in [1.29, 1.82) is 0 Å². The predicted octanol–water partition coefficient (Wildman–Crippen LogP) is 5.01. The summed E-state index contributed by atoms with van der Waals surface area (Å²) in [5.74, 6) is 0.277. The number of hydrogen-bond acceptors (Lipinski definition) is 10. The van der Waals surface area contributed by atoms with Crippen LogP contribution in [0.5, 0.6) is 5.75 Å². The molecule has 0 aliphatic carbocycles. The fourth-order valence-electron chi connectivity index (χ4n) is 7.23. The minimum absolute atomic E-state index is 0.0550. The molecular weight excluding hydrogens is 751 g/mol. The number of alkyl halides is 3. The largest absolute Gasteiger partial charge is 0.492 e. The van der Waals surface area contributed by atoms with Gasteiger partial charge in [0.15, 0.2) is 5.82 Å². The van der Waals surface area contributed by atoms with Crippen molar-refractivity contribution < 1.29 is 35.9 Å². The summed E-state index contributed by atoms with van der Waals surface area (Å²) < 4.78 is 77.8. The number of amides is 3. The minimum atomic E-state index is -4.74. The van der Waals surface area contributed by atoms with Gasteiger partial charge in [-0.25, -0.2) is 23.2 Å². The number of rotatable bonds is 10.